The van der Waals surface area contributed by atoms with Gasteiger partial charge in [-0.05, 0) is 57.5 Å². The van der Waals surface area contributed by atoms with E-state index in [1.165, 1.54) is 12.8 Å². The van der Waals surface area contributed by atoms with Crippen LogP contribution in [0.1, 0.15) is 29.7 Å². The van der Waals surface area contributed by atoms with Crippen molar-refractivity contribution in [1.29, 1.82) is 0 Å². The first kappa shape index (κ1) is 13.7. The maximum Gasteiger partial charge on any atom is 0.194 e. The second kappa shape index (κ2) is 5.23. The third-order valence-electron chi connectivity index (χ3n) is 4.26. The number of halogens is 1. The lowest BCUT2D eigenvalue weighted by atomic mass is 10.1. The van der Waals surface area contributed by atoms with E-state index in [-0.39, 0.29) is 5.43 Å². The SMILES string of the molecule is Cc1[nH]c2c(C)c(Cl)ccc2c(=O)c1CN1CCCC1. The molecule has 0 saturated carbocycles. The van der Waals surface area contributed by atoms with Gasteiger partial charge in [0, 0.05) is 28.2 Å². The lowest BCUT2D eigenvalue weighted by molar-refractivity contribution is 0.329. The van der Waals surface area contributed by atoms with Gasteiger partial charge in [0.2, 0.25) is 0 Å². The fourth-order valence-electron chi connectivity index (χ4n) is 2.99. The predicted octanol–water partition coefficient (Wildman–Crippen LogP) is 3.39. The summed E-state index contributed by atoms with van der Waals surface area (Å²) in [6, 6.07) is 3.64. The topological polar surface area (TPSA) is 36.1 Å². The van der Waals surface area contributed by atoms with E-state index >= 15 is 0 Å². The van der Waals surface area contributed by atoms with E-state index in [2.05, 4.69) is 9.88 Å². The Labute approximate surface area is 123 Å². The molecule has 1 aliphatic heterocycles. The Morgan fingerprint density at radius 2 is 1.95 bits per heavy atom. The molecule has 0 unspecified atom stereocenters. The maximum absolute atomic E-state index is 12.7. The zero-order valence-corrected chi connectivity index (χ0v) is 12.7. The van der Waals surface area contributed by atoms with Gasteiger partial charge >= 0.3 is 0 Å². The van der Waals surface area contributed by atoms with E-state index in [9.17, 15) is 4.79 Å². The number of hydrogen-bond acceptors (Lipinski definition) is 2. The molecule has 4 heteroatoms. The molecule has 106 valence electrons. The van der Waals surface area contributed by atoms with Crippen molar-refractivity contribution >= 4 is 22.5 Å². The number of nitrogens with zero attached hydrogens (tertiary/aromatic N) is 1. The molecule has 2 aromatic rings. The van der Waals surface area contributed by atoms with E-state index < -0.39 is 0 Å². The third kappa shape index (κ3) is 2.25. The van der Waals surface area contributed by atoms with Crippen molar-refractivity contribution in [3.05, 3.63) is 44.2 Å². The van der Waals surface area contributed by atoms with Gasteiger partial charge in [-0.1, -0.05) is 11.6 Å². The minimum absolute atomic E-state index is 0.142. The molecule has 1 N–H and O–H groups in total. The largest absolute Gasteiger partial charge is 0.358 e. The average Bonchev–Trinajstić information content (AvgIpc) is 2.92. The highest BCUT2D eigenvalue weighted by molar-refractivity contribution is 6.32. The number of likely N-dealkylation sites (tertiary alicyclic amines) is 1. The smallest absolute Gasteiger partial charge is 0.194 e. The van der Waals surface area contributed by atoms with Crippen molar-refractivity contribution in [2.24, 2.45) is 0 Å². The zero-order chi connectivity index (χ0) is 14.3. The minimum atomic E-state index is 0.142. The number of pyridine rings is 1. The Bertz CT molecular complexity index is 714. The minimum Gasteiger partial charge on any atom is -0.358 e. The van der Waals surface area contributed by atoms with Crippen LogP contribution in [0.25, 0.3) is 10.9 Å². The van der Waals surface area contributed by atoms with Crippen molar-refractivity contribution in [3.63, 3.8) is 0 Å². The summed E-state index contributed by atoms with van der Waals surface area (Å²) in [6.45, 7) is 6.86. The molecular weight excluding hydrogens is 272 g/mol. The van der Waals surface area contributed by atoms with Crippen LogP contribution < -0.4 is 5.43 Å². The molecule has 0 bridgehead atoms. The third-order valence-corrected chi connectivity index (χ3v) is 4.67. The van der Waals surface area contributed by atoms with Crippen molar-refractivity contribution in [1.82, 2.24) is 9.88 Å². The number of aromatic nitrogens is 1. The molecule has 0 radical (unpaired) electrons. The predicted molar refractivity (Wildman–Crippen MR) is 83.6 cm³/mol. The quantitative estimate of drug-likeness (QED) is 0.920. The van der Waals surface area contributed by atoms with Gasteiger partial charge in [0.1, 0.15) is 0 Å². The Morgan fingerprint density at radius 1 is 1.25 bits per heavy atom. The number of H-pyrrole nitrogens is 1. The van der Waals surface area contributed by atoms with Gasteiger partial charge in [-0.15, -0.1) is 0 Å². The lowest BCUT2D eigenvalue weighted by Gasteiger charge is -2.17. The molecule has 1 fully saturated rings. The maximum atomic E-state index is 12.7. The number of hydrogen-bond donors (Lipinski definition) is 1. The highest BCUT2D eigenvalue weighted by atomic mass is 35.5. The number of aromatic amines is 1. The van der Waals surface area contributed by atoms with E-state index in [0.29, 0.717) is 5.02 Å². The molecule has 0 aliphatic carbocycles. The van der Waals surface area contributed by atoms with Gasteiger partial charge in [-0.3, -0.25) is 9.69 Å². The number of fused-ring (bicyclic) bond motifs is 1. The average molecular weight is 291 g/mol. The van der Waals surface area contributed by atoms with Gasteiger partial charge < -0.3 is 4.98 Å². The molecule has 0 atom stereocenters. The Hall–Kier alpha value is -1.32. The molecule has 20 heavy (non-hydrogen) atoms. The van der Waals surface area contributed by atoms with Gasteiger partial charge in [0.05, 0.1) is 5.52 Å². The summed E-state index contributed by atoms with van der Waals surface area (Å²) >= 11 is 6.14. The molecular formula is C16H19ClN2O. The van der Waals surface area contributed by atoms with Crippen LogP contribution in [0.5, 0.6) is 0 Å². The van der Waals surface area contributed by atoms with Crippen LogP contribution in [0, 0.1) is 13.8 Å². The summed E-state index contributed by atoms with van der Waals surface area (Å²) in [4.78, 5) is 18.4. The Balaban J connectivity index is 2.14. The first-order chi connectivity index (χ1) is 9.58. The van der Waals surface area contributed by atoms with Crippen LogP contribution in [-0.2, 0) is 6.54 Å². The second-order valence-electron chi connectivity index (χ2n) is 5.64. The molecule has 1 aliphatic rings. The van der Waals surface area contributed by atoms with Gasteiger partial charge in [-0.25, -0.2) is 0 Å². The highest BCUT2D eigenvalue weighted by Gasteiger charge is 2.17. The van der Waals surface area contributed by atoms with Gasteiger partial charge in [-0.2, -0.15) is 0 Å². The molecule has 1 saturated heterocycles. The molecule has 3 rings (SSSR count). The van der Waals surface area contributed by atoms with Crippen LogP contribution >= 0.6 is 11.6 Å². The summed E-state index contributed by atoms with van der Waals surface area (Å²) in [6.07, 6.45) is 2.47. The molecule has 2 heterocycles. The number of rotatable bonds is 2. The van der Waals surface area contributed by atoms with Crippen LogP contribution in [-0.4, -0.2) is 23.0 Å². The van der Waals surface area contributed by atoms with Crippen LogP contribution in [0.2, 0.25) is 5.02 Å². The number of aryl methyl sites for hydroxylation is 2. The van der Waals surface area contributed by atoms with Gasteiger partial charge in [0.15, 0.2) is 5.43 Å². The molecule has 0 spiro atoms. The standard InChI is InChI=1S/C16H19ClN2O/c1-10-14(17)6-5-12-15(10)18-11(2)13(16(12)20)9-19-7-3-4-8-19/h5-6H,3-4,7-9H2,1-2H3,(H,18,20). The summed E-state index contributed by atoms with van der Waals surface area (Å²) in [5, 5.41) is 1.44. The Kier molecular flexibility index (Phi) is 3.57. The summed E-state index contributed by atoms with van der Waals surface area (Å²) in [7, 11) is 0. The van der Waals surface area contributed by atoms with Crippen molar-refractivity contribution in [2.45, 2.75) is 33.2 Å². The lowest BCUT2D eigenvalue weighted by Crippen LogP contribution is -2.25. The van der Waals surface area contributed by atoms with Crippen LogP contribution in [0.4, 0.5) is 0 Å². The monoisotopic (exact) mass is 290 g/mol. The summed E-state index contributed by atoms with van der Waals surface area (Å²) in [5.41, 5.74) is 3.80. The number of benzene rings is 1. The second-order valence-corrected chi connectivity index (χ2v) is 6.04. The van der Waals surface area contributed by atoms with Crippen molar-refractivity contribution in [2.75, 3.05) is 13.1 Å². The van der Waals surface area contributed by atoms with Crippen molar-refractivity contribution < 1.29 is 0 Å². The molecule has 1 aromatic carbocycles. The van der Waals surface area contributed by atoms with Crippen LogP contribution in [0.15, 0.2) is 16.9 Å². The molecule has 3 nitrogen and oxygen atoms in total. The van der Waals surface area contributed by atoms with E-state index in [1.54, 1.807) is 0 Å². The molecule has 1 aromatic heterocycles. The van der Waals surface area contributed by atoms with E-state index in [0.717, 1.165) is 47.4 Å². The normalized spacial score (nSPS) is 16.1. The molecule has 0 amide bonds. The summed E-state index contributed by atoms with van der Waals surface area (Å²) < 4.78 is 0. The summed E-state index contributed by atoms with van der Waals surface area (Å²) in [5.74, 6) is 0. The fraction of sp³-hybridized carbons (Fsp3) is 0.438. The zero-order valence-electron chi connectivity index (χ0n) is 11.9. The number of nitrogens with one attached hydrogen (secondary N) is 1. The van der Waals surface area contributed by atoms with Crippen LogP contribution in [0.3, 0.4) is 0 Å². The first-order valence-electron chi connectivity index (χ1n) is 7.11. The van der Waals surface area contributed by atoms with Gasteiger partial charge in [0.25, 0.3) is 0 Å². The van der Waals surface area contributed by atoms with E-state index in [1.807, 2.05) is 26.0 Å². The van der Waals surface area contributed by atoms with E-state index in [4.69, 9.17) is 11.6 Å². The van der Waals surface area contributed by atoms with Crippen molar-refractivity contribution in [3.8, 4) is 0 Å². The highest BCUT2D eigenvalue weighted by Crippen LogP contribution is 2.23. The Morgan fingerprint density at radius 3 is 2.65 bits per heavy atom. The fourth-order valence-corrected chi connectivity index (χ4v) is 3.14. The first-order valence-corrected chi connectivity index (χ1v) is 7.48.